The fourth-order valence-electron chi connectivity index (χ4n) is 1.64. The minimum atomic E-state index is 1.12. The van der Waals surface area contributed by atoms with Gasteiger partial charge in [0.15, 0.2) is 0 Å². The predicted molar refractivity (Wildman–Crippen MR) is 70.7 cm³/mol. The minimum absolute atomic E-state index is 1.12. The third-order valence-electron chi connectivity index (χ3n) is 2.34. The Balaban J connectivity index is 0.000000921. The van der Waals surface area contributed by atoms with Crippen LogP contribution >= 0.6 is 0 Å². The van der Waals surface area contributed by atoms with Crippen LogP contribution in [0, 0.1) is 0 Å². The molecule has 0 aliphatic carbocycles. The van der Waals surface area contributed by atoms with E-state index in [2.05, 4.69) is 50.1 Å². The average molecular weight is 207 g/mol. The summed E-state index contributed by atoms with van der Waals surface area (Å²) >= 11 is 0. The van der Waals surface area contributed by atoms with E-state index in [1.165, 1.54) is 17.7 Å². The Kier molecular flexibility index (Phi) is 7.79. The fraction of sp³-hybridized carbons (Fsp3) is 0.571. The zero-order chi connectivity index (χ0) is 11.7. The lowest BCUT2D eigenvalue weighted by molar-refractivity contribution is 0.845. The first-order chi connectivity index (χ1) is 7.29. The van der Waals surface area contributed by atoms with Crippen LogP contribution in [0.3, 0.4) is 0 Å². The zero-order valence-corrected chi connectivity index (χ0v) is 10.9. The number of hydrogen-bond acceptors (Lipinski definition) is 1. The maximum atomic E-state index is 2.33. The molecule has 1 aromatic carbocycles. The molecule has 0 saturated carbocycles. The molecule has 0 bridgehead atoms. The highest BCUT2D eigenvalue weighted by Crippen LogP contribution is 2.19. The maximum Gasteiger partial charge on any atom is 0.0396 e. The largest absolute Gasteiger partial charge is 0.374 e. The molecule has 0 unspecified atom stereocenters. The molecule has 0 atom stereocenters. The summed E-state index contributed by atoms with van der Waals surface area (Å²) in [6, 6.07) is 8.64. The third-order valence-corrected chi connectivity index (χ3v) is 2.34. The lowest BCUT2D eigenvalue weighted by Crippen LogP contribution is -2.18. The Hall–Kier alpha value is -0.980. The average Bonchev–Trinajstić information content (AvgIpc) is 2.32. The van der Waals surface area contributed by atoms with Crippen LogP contribution in [0.4, 0.5) is 5.69 Å². The van der Waals surface area contributed by atoms with Crippen LogP contribution in [0.25, 0.3) is 0 Å². The van der Waals surface area contributed by atoms with Gasteiger partial charge in [0.05, 0.1) is 0 Å². The Bertz CT molecular complexity index is 255. The van der Waals surface area contributed by atoms with E-state index in [1.54, 1.807) is 0 Å². The second-order valence-corrected chi connectivity index (χ2v) is 3.40. The summed E-state index contributed by atoms with van der Waals surface area (Å²) in [5, 5.41) is 0. The first-order valence-electron chi connectivity index (χ1n) is 6.08. The van der Waals surface area contributed by atoms with Crippen molar-refractivity contribution in [1.29, 1.82) is 0 Å². The smallest absolute Gasteiger partial charge is 0.0396 e. The second kappa shape index (κ2) is 8.34. The molecule has 0 aromatic heterocycles. The second-order valence-electron chi connectivity index (χ2n) is 3.40. The normalized spacial score (nSPS) is 9.13. The van der Waals surface area contributed by atoms with Crippen molar-refractivity contribution in [3.63, 3.8) is 0 Å². The van der Waals surface area contributed by atoms with Crippen LogP contribution in [0.5, 0.6) is 0 Å². The van der Waals surface area contributed by atoms with Gasteiger partial charge in [-0.2, -0.15) is 0 Å². The van der Waals surface area contributed by atoms with E-state index in [0.29, 0.717) is 0 Å². The highest BCUT2D eigenvalue weighted by molar-refractivity contribution is 5.52. The number of aryl methyl sites for hydroxylation is 1. The van der Waals surface area contributed by atoms with Crippen LogP contribution in [-0.4, -0.2) is 13.6 Å². The van der Waals surface area contributed by atoms with E-state index in [0.717, 1.165) is 13.0 Å². The lowest BCUT2D eigenvalue weighted by atomic mass is 10.1. The highest BCUT2D eigenvalue weighted by Gasteiger charge is 2.03. The summed E-state index contributed by atoms with van der Waals surface area (Å²) in [4.78, 5) is 2.33. The molecule has 0 saturated heterocycles. The van der Waals surface area contributed by atoms with Crippen LogP contribution in [-0.2, 0) is 6.42 Å². The van der Waals surface area contributed by atoms with E-state index < -0.39 is 0 Å². The molecule has 0 N–H and O–H groups in total. The summed E-state index contributed by atoms with van der Waals surface area (Å²) in [6.07, 6.45) is 2.32. The molecule has 0 heterocycles. The number of hydrogen-bond donors (Lipinski definition) is 0. The van der Waals surface area contributed by atoms with Gasteiger partial charge >= 0.3 is 0 Å². The molecule has 15 heavy (non-hydrogen) atoms. The van der Waals surface area contributed by atoms with Gasteiger partial charge in [-0.05, 0) is 24.5 Å². The van der Waals surface area contributed by atoms with Gasteiger partial charge in [0.2, 0.25) is 0 Å². The van der Waals surface area contributed by atoms with E-state index in [1.807, 2.05) is 13.8 Å². The van der Waals surface area contributed by atoms with Crippen LogP contribution in [0.2, 0.25) is 0 Å². The Morgan fingerprint density at radius 2 is 1.67 bits per heavy atom. The van der Waals surface area contributed by atoms with Crippen LogP contribution in [0.1, 0.15) is 39.7 Å². The summed E-state index contributed by atoms with van der Waals surface area (Å²) in [5.74, 6) is 0. The Morgan fingerprint density at radius 1 is 1.07 bits per heavy atom. The summed E-state index contributed by atoms with van der Waals surface area (Å²) < 4.78 is 0. The number of rotatable bonds is 4. The summed E-state index contributed by atoms with van der Waals surface area (Å²) in [5.41, 5.74) is 2.82. The highest BCUT2D eigenvalue weighted by atomic mass is 15.1. The monoisotopic (exact) mass is 207 g/mol. The van der Waals surface area contributed by atoms with Gasteiger partial charge in [-0.3, -0.25) is 0 Å². The molecule has 86 valence electrons. The van der Waals surface area contributed by atoms with Gasteiger partial charge in [0.25, 0.3) is 0 Å². The zero-order valence-electron chi connectivity index (χ0n) is 10.9. The Morgan fingerprint density at radius 3 is 2.20 bits per heavy atom. The van der Waals surface area contributed by atoms with E-state index >= 15 is 0 Å². The molecule has 0 aliphatic heterocycles. The molecule has 0 spiro atoms. The summed E-state index contributed by atoms with van der Waals surface area (Å²) in [6.45, 7) is 9.56. The molecule has 0 fully saturated rings. The van der Waals surface area contributed by atoms with E-state index in [-0.39, 0.29) is 0 Å². The van der Waals surface area contributed by atoms with Crippen molar-refractivity contribution >= 4 is 5.69 Å². The van der Waals surface area contributed by atoms with Gasteiger partial charge in [-0.1, -0.05) is 45.9 Å². The van der Waals surface area contributed by atoms with E-state index in [9.17, 15) is 0 Å². The predicted octanol–water partition coefficient (Wildman–Crippen LogP) is 4.12. The molecular formula is C14H25N. The van der Waals surface area contributed by atoms with Crippen molar-refractivity contribution in [2.24, 2.45) is 0 Å². The third kappa shape index (κ3) is 4.37. The summed E-state index contributed by atoms with van der Waals surface area (Å²) in [7, 11) is 2.16. The minimum Gasteiger partial charge on any atom is -0.374 e. The molecule has 1 aromatic rings. The molecule has 0 aliphatic rings. The number of para-hydroxylation sites is 1. The SMILES string of the molecule is CC.CCCN(C)c1ccccc1CC. The quantitative estimate of drug-likeness (QED) is 0.718. The Labute approximate surface area is 95.1 Å². The molecule has 1 rings (SSSR count). The van der Waals surface area contributed by atoms with Crippen molar-refractivity contribution in [2.75, 3.05) is 18.5 Å². The van der Waals surface area contributed by atoms with Gasteiger partial charge in [-0.25, -0.2) is 0 Å². The van der Waals surface area contributed by atoms with E-state index in [4.69, 9.17) is 0 Å². The van der Waals surface area contributed by atoms with Crippen molar-refractivity contribution in [2.45, 2.75) is 40.5 Å². The van der Waals surface area contributed by atoms with Crippen molar-refractivity contribution in [3.8, 4) is 0 Å². The topological polar surface area (TPSA) is 3.24 Å². The van der Waals surface area contributed by atoms with Crippen molar-refractivity contribution in [1.82, 2.24) is 0 Å². The first kappa shape index (κ1) is 14.0. The number of nitrogens with zero attached hydrogens (tertiary/aromatic N) is 1. The number of benzene rings is 1. The van der Waals surface area contributed by atoms with Gasteiger partial charge in [0, 0.05) is 19.3 Å². The first-order valence-corrected chi connectivity index (χ1v) is 6.08. The number of anilines is 1. The van der Waals surface area contributed by atoms with Crippen LogP contribution in [0.15, 0.2) is 24.3 Å². The molecule has 1 heteroatoms. The molecular weight excluding hydrogens is 182 g/mol. The fourth-order valence-corrected chi connectivity index (χ4v) is 1.64. The molecule has 0 amide bonds. The maximum absolute atomic E-state index is 2.33. The van der Waals surface area contributed by atoms with Gasteiger partial charge < -0.3 is 4.90 Å². The van der Waals surface area contributed by atoms with Crippen molar-refractivity contribution < 1.29 is 0 Å². The van der Waals surface area contributed by atoms with Gasteiger partial charge in [-0.15, -0.1) is 0 Å². The standard InChI is InChI=1S/C12H19N.C2H6/c1-4-10-13(3)12-9-7-6-8-11(12)5-2;1-2/h6-9H,4-5,10H2,1-3H3;1-2H3. The van der Waals surface area contributed by atoms with Gasteiger partial charge in [0.1, 0.15) is 0 Å². The van der Waals surface area contributed by atoms with Crippen molar-refractivity contribution in [3.05, 3.63) is 29.8 Å². The lowest BCUT2D eigenvalue weighted by Gasteiger charge is -2.21. The molecule has 0 radical (unpaired) electrons. The van der Waals surface area contributed by atoms with Crippen LogP contribution < -0.4 is 4.90 Å². The molecule has 1 nitrogen and oxygen atoms in total.